The highest BCUT2D eigenvalue weighted by atomic mass is 35.5. The van der Waals surface area contributed by atoms with Gasteiger partial charge in [-0.15, -0.1) is 0 Å². The molecule has 1 N–H and O–H groups in total. The molecule has 0 aliphatic rings. The van der Waals surface area contributed by atoms with Gasteiger partial charge in [0.05, 0.1) is 6.04 Å². The quantitative estimate of drug-likeness (QED) is 0.904. The number of halogens is 2. The fourth-order valence-electron chi connectivity index (χ4n) is 2.03. The Morgan fingerprint density at radius 3 is 2.37 bits per heavy atom. The van der Waals surface area contributed by atoms with Gasteiger partial charge < -0.3 is 5.32 Å². The van der Waals surface area contributed by atoms with Crippen LogP contribution < -0.4 is 5.32 Å². The van der Waals surface area contributed by atoms with E-state index in [1.54, 1.807) is 0 Å². The number of benzene rings is 1. The summed E-state index contributed by atoms with van der Waals surface area (Å²) in [6.07, 6.45) is 1.86. The first kappa shape index (κ1) is 14.3. The molecule has 0 saturated heterocycles. The SMILES string of the molecule is CCNC(c1ccc(C)nc1)c1c(Cl)cccc1Cl. The first-order valence-corrected chi connectivity index (χ1v) is 6.99. The van der Waals surface area contributed by atoms with Gasteiger partial charge in [-0.3, -0.25) is 4.98 Å². The number of hydrogen-bond acceptors (Lipinski definition) is 2. The molecule has 0 aliphatic carbocycles. The van der Waals surface area contributed by atoms with Crippen molar-refractivity contribution >= 4 is 23.2 Å². The number of aromatic nitrogens is 1. The van der Waals surface area contributed by atoms with Crippen molar-refractivity contribution in [2.75, 3.05) is 6.54 Å². The van der Waals surface area contributed by atoms with E-state index in [0.29, 0.717) is 10.0 Å². The zero-order chi connectivity index (χ0) is 13.8. The molecule has 1 aromatic heterocycles. The summed E-state index contributed by atoms with van der Waals surface area (Å²) in [4.78, 5) is 4.34. The van der Waals surface area contributed by atoms with Gasteiger partial charge in [-0.05, 0) is 37.2 Å². The van der Waals surface area contributed by atoms with Crippen LogP contribution in [-0.4, -0.2) is 11.5 Å². The molecule has 1 unspecified atom stereocenters. The molecule has 1 aromatic carbocycles. The molecule has 4 heteroatoms. The lowest BCUT2D eigenvalue weighted by Gasteiger charge is -2.21. The molecule has 0 bridgehead atoms. The van der Waals surface area contributed by atoms with E-state index in [9.17, 15) is 0 Å². The maximum atomic E-state index is 6.30. The monoisotopic (exact) mass is 294 g/mol. The predicted octanol–water partition coefficient (Wildman–Crippen LogP) is 4.40. The van der Waals surface area contributed by atoms with Crippen molar-refractivity contribution in [3.05, 3.63) is 63.4 Å². The Morgan fingerprint density at radius 1 is 1.16 bits per heavy atom. The van der Waals surface area contributed by atoms with Gasteiger partial charge in [0.25, 0.3) is 0 Å². The third kappa shape index (κ3) is 3.27. The standard InChI is InChI=1S/C15H16Cl2N2/c1-3-18-15(11-8-7-10(2)19-9-11)14-12(16)5-4-6-13(14)17/h4-9,15,18H,3H2,1-2H3. The van der Waals surface area contributed by atoms with E-state index >= 15 is 0 Å². The van der Waals surface area contributed by atoms with Crippen molar-refractivity contribution in [1.29, 1.82) is 0 Å². The van der Waals surface area contributed by atoms with Gasteiger partial charge in [-0.25, -0.2) is 0 Å². The molecule has 0 aliphatic heterocycles. The van der Waals surface area contributed by atoms with Crippen molar-refractivity contribution in [2.24, 2.45) is 0 Å². The van der Waals surface area contributed by atoms with Crippen molar-refractivity contribution < 1.29 is 0 Å². The summed E-state index contributed by atoms with van der Waals surface area (Å²) in [5, 5.41) is 4.74. The Bertz CT molecular complexity index is 532. The lowest BCUT2D eigenvalue weighted by atomic mass is 9.99. The second kappa shape index (κ2) is 6.38. The van der Waals surface area contributed by atoms with Crippen LogP contribution in [0.4, 0.5) is 0 Å². The molecule has 0 amide bonds. The number of pyridine rings is 1. The molecular formula is C15H16Cl2N2. The van der Waals surface area contributed by atoms with E-state index in [1.807, 2.05) is 37.4 Å². The maximum Gasteiger partial charge on any atom is 0.0621 e. The van der Waals surface area contributed by atoms with Crippen molar-refractivity contribution in [1.82, 2.24) is 10.3 Å². The Balaban J connectivity index is 2.48. The van der Waals surface area contributed by atoms with Crippen LogP contribution in [0.15, 0.2) is 36.5 Å². The van der Waals surface area contributed by atoms with Crippen LogP contribution in [0.2, 0.25) is 10.0 Å². The minimum Gasteiger partial charge on any atom is -0.306 e. The number of hydrogen-bond donors (Lipinski definition) is 1. The zero-order valence-electron chi connectivity index (χ0n) is 11.0. The van der Waals surface area contributed by atoms with Gasteiger partial charge in [-0.2, -0.15) is 0 Å². The molecule has 2 rings (SSSR count). The third-order valence-corrected chi connectivity index (χ3v) is 3.62. The third-order valence-electron chi connectivity index (χ3n) is 2.96. The maximum absolute atomic E-state index is 6.30. The van der Waals surface area contributed by atoms with Crippen molar-refractivity contribution in [3.63, 3.8) is 0 Å². The predicted molar refractivity (Wildman–Crippen MR) is 81.0 cm³/mol. The number of nitrogens with one attached hydrogen (secondary N) is 1. The number of nitrogens with zero attached hydrogens (tertiary/aromatic N) is 1. The smallest absolute Gasteiger partial charge is 0.0621 e. The first-order chi connectivity index (χ1) is 9.13. The lowest BCUT2D eigenvalue weighted by Crippen LogP contribution is -2.22. The van der Waals surface area contributed by atoms with Crippen LogP contribution in [0.25, 0.3) is 0 Å². The molecule has 1 atom stereocenters. The fourth-order valence-corrected chi connectivity index (χ4v) is 2.64. The highest BCUT2D eigenvalue weighted by Crippen LogP contribution is 2.33. The minimum atomic E-state index is -0.0423. The normalized spacial score (nSPS) is 12.4. The molecule has 0 fully saturated rings. The van der Waals surface area contributed by atoms with Gasteiger partial charge in [-0.1, -0.05) is 42.3 Å². The van der Waals surface area contributed by atoms with E-state index < -0.39 is 0 Å². The summed E-state index contributed by atoms with van der Waals surface area (Å²) < 4.78 is 0. The average molecular weight is 295 g/mol. The molecule has 0 radical (unpaired) electrons. The van der Waals surface area contributed by atoms with Crippen molar-refractivity contribution in [3.8, 4) is 0 Å². The lowest BCUT2D eigenvalue weighted by molar-refractivity contribution is 0.628. The van der Waals surface area contributed by atoms with Crippen LogP contribution in [0, 0.1) is 6.92 Å². The summed E-state index contributed by atoms with van der Waals surface area (Å²) in [7, 11) is 0. The van der Waals surface area contributed by atoms with Gasteiger partial charge in [0.2, 0.25) is 0 Å². The highest BCUT2D eigenvalue weighted by Gasteiger charge is 2.19. The minimum absolute atomic E-state index is 0.0423. The van der Waals surface area contributed by atoms with Crippen LogP contribution in [-0.2, 0) is 0 Å². The summed E-state index contributed by atoms with van der Waals surface area (Å²) in [6.45, 7) is 4.84. The summed E-state index contributed by atoms with van der Waals surface area (Å²) in [5.74, 6) is 0. The van der Waals surface area contributed by atoms with Crippen LogP contribution in [0.3, 0.4) is 0 Å². The van der Waals surface area contributed by atoms with Crippen LogP contribution >= 0.6 is 23.2 Å². The zero-order valence-corrected chi connectivity index (χ0v) is 12.5. The van der Waals surface area contributed by atoms with Gasteiger partial charge in [0, 0.05) is 27.5 Å². The topological polar surface area (TPSA) is 24.9 Å². The first-order valence-electron chi connectivity index (χ1n) is 6.23. The molecule has 0 saturated carbocycles. The van der Waals surface area contributed by atoms with E-state index in [2.05, 4.69) is 23.3 Å². The van der Waals surface area contributed by atoms with Crippen LogP contribution in [0.5, 0.6) is 0 Å². The molecule has 1 heterocycles. The van der Waals surface area contributed by atoms with Gasteiger partial charge in [0.1, 0.15) is 0 Å². The average Bonchev–Trinajstić information content (AvgIpc) is 2.38. The highest BCUT2D eigenvalue weighted by molar-refractivity contribution is 6.36. The second-order valence-corrected chi connectivity index (χ2v) is 5.17. The van der Waals surface area contributed by atoms with E-state index in [-0.39, 0.29) is 6.04 Å². The number of aryl methyl sites for hydroxylation is 1. The molecular weight excluding hydrogens is 279 g/mol. The number of rotatable bonds is 4. The second-order valence-electron chi connectivity index (χ2n) is 4.36. The molecule has 0 spiro atoms. The summed E-state index contributed by atoms with van der Waals surface area (Å²) in [6, 6.07) is 9.56. The Kier molecular flexibility index (Phi) is 4.81. The fraction of sp³-hybridized carbons (Fsp3) is 0.267. The largest absolute Gasteiger partial charge is 0.306 e. The van der Waals surface area contributed by atoms with Gasteiger partial charge in [0.15, 0.2) is 0 Å². The molecule has 2 nitrogen and oxygen atoms in total. The van der Waals surface area contributed by atoms with E-state index in [4.69, 9.17) is 23.2 Å². The van der Waals surface area contributed by atoms with Crippen molar-refractivity contribution in [2.45, 2.75) is 19.9 Å². The Labute approximate surface area is 123 Å². The molecule has 2 aromatic rings. The Morgan fingerprint density at radius 2 is 1.84 bits per heavy atom. The molecule has 19 heavy (non-hydrogen) atoms. The van der Waals surface area contributed by atoms with Gasteiger partial charge >= 0.3 is 0 Å². The molecule has 100 valence electrons. The van der Waals surface area contributed by atoms with Crippen LogP contribution in [0.1, 0.15) is 29.8 Å². The van der Waals surface area contributed by atoms with E-state index in [1.165, 1.54) is 0 Å². The van der Waals surface area contributed by atoms with E-state index in [0.717, 1.165) is 23.4 Å². The summed E-state index contributed by atoms with van der Waals surface area (Å²) >= 11 is 12.6. The Hall–Kier alpha value is -1.09. The summed E-state index contributed by atoms with van der Waals surface area (Å²) in [5.41, 5.74) is 2.95.